The maximum Gasteiger partial charge on any atom is 0.0737 e. The number of pyridine rings is 1. The first-order valence-electron chi connectivity index (χ1n) is 3.45. The molecule has 1 N–H and O–H groups in total. The Morgan fingerprint density at radius 3 is 3.27 bits per heavy atom. The summed E-state index contributed by atoms with van der Waals surface area (Å²) >= 11 is 0. The minimum atomic E-state index is 0.885. The Morgan fingerprint density at radius 2 is 2.36 bits per heavy atom. The van der Waals surface area contributed by atoms with Gasteiger partial charge in [-0.15, -0.1) is 0 Å². The smallest absolute Gasteiger partial charge is 0.0737 e. The number of hydrogen-bond donors (Lipinski definition) is 1. The van der Waals surface area contributed by atoms with E-state index >= 15 is 0 Å². The maximum absolute atomic E-state index is 4.18. The van der Waals surface area contributed by atoms with Crippen LogP contribution < -0.4 is 15.9 Å². The van der Waals surface area contributed by atoms with Gasteiger partial charge in [0.15, 0.2) is 0 Å². The first kappa shape index (κ1) is 6.16. The monoisotopic (exact) mass is 144 g/mol. The Hall–Kier alpha value is -1.57. The summed E-state index contributed by atoms with van der Waals surface area (Å²) in [6, 6.07) is 3.93. The molecule has 0 saturated heterocycles. The fraction of sp³-hybridized carbons (Fsp3) is 0. The Kier molecular flexibility index (Phi) is 1.25. The average molecular weight is 144 g/mol. The molecule has 1 aliphatic rings. The van der Waals surface area contributed by atoms with Crippen LogP contribution in [0.4, 0.5) is 0 Å². The number of hydrogen-bond acceptors (Lipinski definition) is 2. The van der Waals surface area contributed by atoms with Gasteiger partial charge < -0.3 is 5.32 Å². The van der Waals surface area contributed by atoms with Crippen LogP contribution in [-0.4, -0.2) is 4.98 Å². The van der Waals surface area contributed by atoms with Gasteiger partial charge in [0.1, 0.15) is 0 Å². The van der Waals surface area contributed by atoms with E-state index in [4.69, 9.17) is 0 Å². The summed E-state index contributed by atoms with van der Waals surface area (Å²) in [4.78, 5) is 4.18. The molecule has 0 atom stereocenters. The molecular formula is C9H8N2. The van der Waals surface area contributed by atoms with Gasteiger partial charge in [-0.25, -0.2) is 0 Å². The predicted octanol–water partition coefficient (Wildman–Crippen LogP) is -0.283. The van der Waals surface area contributed by atoms with Crippen LogP contribution in [0.25, 0.3) is 12.3 Å². The van der Waals surface area contributed by atoms with E-state index in [1.165, 1.54) is 0 Å². The molecular weight excluding hydrogens is 136 g/mol. The van der Waals surface area contributed by atoms with Gasteiger partial charge in [0.25, 0.3) is 0 Å². The molecule has 0 aromatic carbocycles. The van der Waals surface area contributed by atoms with Crippen LogP contribution in [0.1, 0.15) is 0 Å². The molecule has 2 nitrogen and oxygen atoms in total. The van der Waals surface area contributed by atoms with Crippen molar-refractivity contribution in [1.82, 2.24) is 10.3 Å². The lowest BCUT2D eigenvalue weighted by Gasteiger charge is -2.03. The van der Waals surface area contributed by atoms with Crippen molar-refractivity contribution in [2.75, 3.05) is 0 Å². The van der Waals surface area contributed by atoms with Crippen LogP contribution in [0.2, 0.25) is 0 Å². The molecule has 54 valence electrons. The van der Waals surface area contributed by atoms with E-state index in [1.807, 2.05) is 24.4 Å². The third kappa shape index (κ3) is 1.03. The molecule has 1 aromatic heterocycles. The zero-order valence-electron chi connectivity index (χ0n) is 6.04. The minimum absolute atomic E-state index is 0.885. The van der Waals surface area contributed by atoms with Crippen molar-refractivity contribution in [2.24, 2.45) is 0 Å². The molecule has 0 aliphatic carbocycles. The highest BCUT2D eigenvalue weighted by atomic mass is 14.9. The molecule has 0 radical (unpaired) electrons. The van der Waals surface area contributed by atoms with Gasteiger partial charge in [0, 0.05) is 23.3 Å². The van der Waals surface area contributed by atoms with Crippen LogP contribution in [0, 0.1) is 0 Å². The van der Waals surface area contributed by atoms with E-state index in [0.717, 1.165) is 16.3 Å². The predicted molar refractivity (Wildman–Crippen MR) is 44.7 cm³/mol. The van der Waals surface area contributed by atoms with Crippen LogP contribution in [0.15, 0.2) is 30.6 Å². The van der Waals surface area contributed by atoms with Gasteiger partial charge in [0.2, 0.25) is 0 Å². The van der Waals surface area contributed by atoms with E-state index in [1.54, 1.807) is 6.20 Å². The van der Waals surface area contributed by atoms with E-state index in [0.29, 0.717) is 0 Å². The molecule has 0 spiro atoms. The van der Waals surface area contributed by atoms with Crippen LogP contribution in [0.5, 0.6) is 0 Å². The zero-order chi connectivity index (χ0) is 7.68. The fourth-order valence-corrected chi connectivity index (χ4v) is 1.05. The van der Waals surface area contributed by atoms with Gasteiger partial charge in [-0.2, -0.15) is 0 Å². The van der Waals surface area contributed by atoms with Crippen LogP contribution in [-0.2, 0) is 0 Å². The second-order valence-electron chi connectivity index (χ2n) is 2.44. The first-order chi connectivity index (χ1) is 5.36. The number of nitrogens with zero attached hydrogens (tertiary/aromatic N) is 1. The largest absolute Gasteiger partial charge is 0.361 e. The Labute approximate surface area is 64.6 Å². The Morgan fingerprint density at radius 1 is 1.45 bits per heavy atom. The molecule has 1 aromatic rings. The van der Waals surface area contributed by atoms with Gasteiger partial charge in [-0.3, -0.25) is 4.98 Å². The highest BCUT2D eigenvalue weighted by Gasteiger charge is 1.93. The van der Waals surface area contributed by atoms with E-state index in [2.05, 4.69) is 16.9 Å². The normalized spacial score (nSPS) is 14.0. The lowest BCUT2D eigenvalue weighted by atomic mass is 10.2. The van der Waals surface area contributed by atoms with Crippen molar-refractivity contribution in [3.8, 4) is 0 Å². The molecule has 1 aliphatic heterocycles. The van der Waals surface area contributed by atoms with Crippen molar-refractivity contribution in [3.63, 3.8) is 0 Å². The van der Waals surface area contributed by atoms with E-state index in [-0.39, 0.29) is 0 Å². The second-order valence-corrected chi connectivity index (χ2v) is 2.44. The van der Waals surface area contributed by atoms with Gasteiger partial charge in [-0.1, -0.05) is 6.58 Å². The maximum atomic E-state index is 4.18. The topological polar surface area (TPSA) is 24.9 Å². The number of fused-ring (bicyclic) bond motifs is 1. The molecule has 2 rings (SSSR count). The molecule has 0 fully saturated rings. The van der Waals surface area contributed by atoms with Crippen molar-refractivity contribution in [2.45, 2.75) is 0 Å². The van der Waals surface area contributed by atoms with Crippen LogP contribution in [0.3, 0.4) is 0 Å². The lowest BCUT2D eigenvalue weighted by molar-refractivity contribution is 1.13. The minimum Gasteiger partial charge on any atom is -0.361 e. The quantitative estimate of drug-likeness (QED) is 0.541. The molecule has 0 bridgehead atoms. The number of rotatable bonds is 0. The van der Waals surface area contributed by atoms with Crippen molar-refractivity contribution in [3.05, 3.63) is 41.2 Å². The Balaban J connectivity index is 2.83. The fourth-order valence-electron chi connectivity index (χ4n) is 1.05. The average Bonchev–Trinajstić information content (AvgIpc) is 2.04. The summed E-state index contributed by atoms with van der Waals surface area (Å²) in [6.07, 6.45) is 5.61. The first-order valence-corrected chi connectivity index (χ1v) is 3.45. The van der Waals surface area contributed by atoms with Crippen molar-refractivity contribution in [1.29, 1.82) is 0 Å². The van der Waals surface area contributed by atoms with Crippen molar-refractivity contribution < 1.29 is 0 Å². The number of nitrogens with one attached hydrogen (secondary N) is 1. The number of allylic oxidation sites excluding steroid dienone is 1. The summed E-state index contributed by atoms with van der Waals surface area (Å²) < 4.78 is 0. The van der Waals surface area contributed by atoms with Gasteiger partial charge in [-0.05, 0) is 18.2 Å². The third-order valence-electron chi connectivity index (χ3n) is 1.60. The summed E-state index contributed by atoms with van der Waals surface area (Å²) in [6.45, 7) is 3.78. The SMILES string of the molecule is C=C1C=c2ncccc2=CN1. The molecule has 2 heteroatoms. The van der Waals surface area contributed by atoms with Gasteiger partial charge >= 0.3 is 0 Å². The van der Waals surface area contributed by atoms with E-state index in [9.17, 15) is 0 Å². The highest BCUT2D eigenvalue weighted by Crippen LogP contribution is 1.86. The number of aromatic nitrogens is 1. The molecule has 0 amide bonds. The zero-order valence-corrected chi connectivity index (χ0v) is 6.04. The van der Waals surface area contributed by atoms with Crippen LogP contribution >= 0.6 is 0 Å². The molecule has 2 heterocycles. The second kappa shape index (κ2) is 2.23. The standard InChI is InChI=1S/C9H8N2/c1-7-5-9-8(6-11-7)3-2-4-10-9/h2-6,11H,1H2. The lowest BCUT2D eigenvalue weighted by Crippen LogP contribution is -2.33. The molecule has 0 saturated carbocycles. The summed E-state index contributed by atoms with van der Waals surface area (Å²) in [5.41, 5.74) is 0.885. The van der Waals surface area contributed by atoms with Crippen molar-refractivity contribution >= 4 is 12.3 Å². The summed E-state index contributed by atoms with van der Waals surface area (Å²) in [7, 11) is 0. The molecule has 0 unspecified atom stereocenters. The molecule has 11 heavy (non-hydrogen) atoms. The van der Waals surface area contributed by atoms with Gasteiger partial charge in [0.05, 0.1) is 5.35 Å². The summed E-state index contributed by atoms with van der Waals surface area (Å²) in [5.74, 6) is 0. The van der Waals surface area contributed by atoms with E-state index < -0.39 is 0 Å². The third-order valence-corrected chi connectivity index (χ3v) is 1.60. The Bertz CT molecular complexity index is 404. The highest BCUT2D eigenvalue weighted by molar-refractivity contribution is 5.50. The summed E-state index contributed by atoms with van der Waals surface area (Å²) in [5, 5.41) is 5.12.